The zero-order valence-corrected chi connectivity index (χ0v) is 16.1. The van der Waals surface area contributed by atoms with Gasteiger partial charge >= 0.3 is 0 Å². The lowest BCUT2D eigenvalue weighted by molar-refractivity contribution is 0.0144. The van der Waals surface area contributed by atoms with Crippen molar-refractivity contribution in [2.24, 2.45) is 0 Å². The van der Waals surface area contributed by atoms with E-state index in [1.807, 2.05) is 6.07 Å². The number of hydrogen-bond acceptors (Lipinski definition) is 4. The van der Waals surface area contributed by atoms with Crippen LogP contribution in [0.2, 0.25) is 0 Å². The Kier molecular flexibility index (Phi) is 5.90. The maximum absolute atomic E-state index is 14.3. The van der Waals surface area contributed by atoms with Gasteiger partial charge in [0.05, 0.1) is 11.7 Å². The number of carbonyl (C=O) groups excluding carboxylic acids is 1. The topological polar surface area (TPSA) is 52.1 Å². The minimum Gasteiger partial charge on any atom is -0.374 e. The van der Waals surface area contributed by atoms with Crippen molar-refractivity contribution < 1.29 is 22.7 Å². The van der Waals surface area contributed by atoms with Crippen LogP contribution in [0.25, 0.3) is 11.3 Å². The lowest BCUT2D eigenvalue weighted by Crippen LogP contribution is -2.16. The first-order valence-corrected chi connectivity index (χ1v) is 9.73. The molecule has 1 saturated heterocycles. The van der Waals surface area contributed by atoms with Gasteiger partial charge < -0.3 is 4.74 Å². The normalized spacial score (nSPS) is 16.4. The van der Waals surface area contributed by atoms with Crippen molar-refractivity contribution >= 4 is 5.78 Å². The summed E-state index contributed by atoms with van der Waals surface area (Å²) in [5, 5.41) is 0. The molecule has 3 aromatic rings. The van der Waals surface area contributed by atoms with Crippen molar-refractivity contribution in [2.75, 3.05) is 6.61 Å². The highest BCUT2D eigenvalue weighted by molar-refractivity contribution is 5.96. The summed E-state index contributed by atoms with van der Waals surface area (Å²) in [4.78, 5) is 20.9. The molecule has 0 bridgehead atoms. The van der Waals surface area contributed by atoms with Gasteiger partial charge in [-0.15, -0.1) is 0 Å². The first kappa shape index (κ1) is 20.2. The number of Topliss-reactive ketones (excluding diaryl/α,β-unsaturated/α-hetero) is 1. The number of rotatable bonds is 5. The van der Waals surface area contributed by atoms with Gasteiger partial charge in [0.2, 0.25) is 0 Å². The van der Waals surface area contributed by atoms with E-state index < -0.39 is 34.5 Å². The maximum atomic E-state index is 14.3. The van der Waals surface area contributed by atoms with Crippen LogP contribution in [0.15, 0.2) is 48.8 Å². The molecule has 1 aromatic carbocycles. The molecule has 2 aromatic heterocycles. The van der Waals surface area contributed by atoms with Crippen LogP contribution in [0.4, 0.5) is 13.2 Å². The molecule has 0 spiro atoms. The summed E-state index contributed by atoms with van der Waals surface area (Å²) in [5.41, 5.74) is 0.383. The van der Waals surface area contributed by atoms with Crippen molar-refractivity contribution in [1.82, 2.24) is 9.97 Å². The molecular weight excluding hydrogens is 393 g/mol. The average Bonchev–Trinajstić information content (AvgIpc) is 2.76. The molecule has 154 valence electrons. The van der Waals surface area contributed by atoms with E-state index in [-0.39, 0.29) is 18.2 Å². The lowest BCUT2D eigenvalue weighted by Gasteiger charge is -2.24. The van der Waals surface area contributed by atoms with Crippen LogP contribution < -0.4 is 0 Å². The largest absolute Gasteiger partial charge is 0.374 e. The van der Waals surface area contributed by atoms with Gasteiger partial charge in [-0.1, -0.05) is 6.07 Å². The summed E-state index contributed by atoms with van der Waals surface area (Å²) in [6.45, 7) is 0.664. The van der Waals surface area contributed by atoms with Gasteiger partial charge in [0.15, 0.2) is 5.78 Å². The number of ketones is 1. The zero-order chi connectivity index (χ0) is 21.1. The fraction of sp³-hybridized carbons (Fsp3) is 0.261. The lowest BCUT2D eigenvalue weighted by atomic mass is 9.95. The Bertz CT molecular complexity index is 1060. The number of benzene rings is 1. The third-order valence-electron chi connectivity index (χ3n) is 5.15. The predicted octanol–water partition coefficient (Wildman–Crippen LogP) is 5.23. The first-order valence-electron chi connectivity index (χ1n) is 9.73. The third-order valence-corrected chi connectivity index (χ3v) is 5.15. The molecule has 4 rings (SSSR count). The van der Waals surface area contributed by atoms with E-state index in [1.165, 1.54) is 12.1 Å². The molecule has 0 aliphatic carbocycles. The van der Waals surface area contributed by atoms with Gasteiger partial charge in [0, 0.05) is 25.4 Å². The van der Waals surface area contributed by atoms with Crippen LogP contribution in [0.3, 0.4) is 0 Å². The maximum Gasteiger partial charge on any atom is 0.185 e. The highest BCUT2D eigenvalue weighted by Gasteiger charge is 2.23. The molecule has 1 aliphatic rings. The molecule has 30 heavy (non-hydrogen) atoms. The fourth-order valence-corrected chi connectivity index (χ4v) is 3.65. The molecule has 1 fully saturated rings. The molecule has 0 unspecified atom stereocenters. The Morgan fingerprint density at radius 3 is 2.57 bits per heavy atom. The summed E-state index contributed by atoms with van der Waals surface area (Å²) in [6.07, 6.45) is 6.02. The van der Waals surface area contributed by atoms with Crippen molar-refractivity contribution in [3.05, 3.63) is 83.1 Å². The van der Waals surface area contributed by atoms with Crippen LogP contribution in [0.1, 0.15) is 47.0 Å². The zero-order valence-electron chi connectivity index (χ0n) is 16.1. The number of carbonyl (C=O) groups is 1. The Hall–Kier alpha value is -3.06. The van der Waals surface area contributed by atoms with Crippen molar-refractivity contribution in [1.29, 1.82) is 0 Å². The number of halogens is 3. The number of nitrogens with zero attached hydrogens (tertiary/aromatic N) is 2. The van der Waals surface area contributed by atoms with E-state index in [2.05, 4.69) is 9.97 Å². The van der Waals surface area contributed by atoms with Gasteiger partial charge in [-0.25, -0.2) is 18.2 Å². The van der Waals surface area contributed by atoms with Crippen molar-refractivity contribution in [2.45, 2.75) is 31.8 Å². The van der Waals surface area contributed by atoms with Gasteiger partial charge in [-0.05, 0) is 60.7 Å². The Morgan fingerprint density at radius 2 is 1.83 bits per heavy atom. The monoisotopic (exact) mass is 412 g/mol. The molecule has 7 heteroatoms. The van der Waals surface area contributed by atoms with Crippen molar-refractivity contribution in [3.8, 4) is 11.3 Å². The molecule has 1 aliphatic heterocycles. The van der Waals surface area contributed by atoms with Crippen LogP contribution in [0, 0.1) is 17.5 Å². The first-order chi connectivity index (χ1) is 14.5. The third kappa shape index (κ3) is 4.11. The Morgan fingerprint density at radius 1 is 1.03 bits per heavy atom. The van der Waals surface area contributed by atoms with Crippen LogP contribution in [-0.2, 0) is 11.2 Å². The number of hydrogen-bond donors (Lipinski definition) is 0. The Labute approximate surface area is 171 Å². The summed E-state index contributed by atoms with van der Waals surface area (Å²) in [7, 11) is 0. The minimum atomic E-state index is -0.949. The minimum absolute atomic E-state index is 0.0269. The SMILES string of the molecule is O=C(Cc1cnccc1[C@@H]1CCCCO1)c1ccc(F)c(-c2c(F)cccc2F)n1. The molecular formula is C23H19F3N2O2. The standard InChI is InChI=1S/C23H19F3N2O2/c24-16-4-3-5-17(25)22(16)23-18(26)7-8-19(28-23)20(29)12-14-13-27-10-9-15(14)21-6-1-2-11-30-21/h3-5,7-10,13,21H,1-2,6,11-12H2/t21-/m0/s1. The molecule has 0 N–H and O–H groups in total. The van der Waals surface area contributed by atoms with Gasteiger partial charge in [0.25, 0.3) is 0 Å². The van der Waals surface area contributed by atoms with Gasteiger partial charge in [0.1, 0.15) is 28.8 Å². The van der Waals surface area contributed by atoms with E-state index >= 15 is 0 Å². The van der Waals surface area contributed by atoms with E-state index in [4.69, 9.17) is 4.74 Å². The second kappa shape index (κ2) is 8.75. The van der Waals surface area contributed by atoms with E-state index in [0.717, 1.165) is 43.0 Å². The Balaban J connectivity index is 1.64. The number of aromatic nitrogens is 2. The van der Waals surface area contributed by atoms with Gasteiger partial charge in [-0.3, -0.25) is 9.78 Å². The summed E-state index contributed by atoms with van der Waals surface area (Å²) in [5.74, 6) is -3.21. The number of ether oxygens (including phenoxy) is 1. The number of pyridine rings is 2. The quantitative estimate of drug-likeness (QED) is 0.539. The van der Waals surface area contributed by atoms with E-state index in [1.54, 1.807) is 12.4 Å². The highest BCUT2D eigenvalue weighted by Crippen LogP contribution is 2.31. The van der Waals surface area contributed by atoms with Crippen LogP contribution in [0.5, 0.6) is 0 Å². The smallest absolute Gasteiger partial charge is 0.185 e. The summed E-state index contributed by atoms with van der Waals surface area (Å²) < 4.78 is 48.3. The summed E-state index contributed by atoms with van der Waals surface area (Å²) in [6, 6.07) is 7.25. The molecule has 0 saturated carbocycles. The highest BCUT2D eigenvalue weighted by atomic mass is 19.1. The van der Waals surface area contributed by atoms with Crippen LogP contribution in [-0.4, -0.2) is 22.4 Å². The molecule has 3 heterocycles. The van der Waals surface area contributed by atoms with E-state index in [0.29, 0.717) is 12.2 Å². The predicted molar refractivity (Wildman–Crippen MR) is 104 cm³/mol. The molecule has 1 atom stereocenters. The van der Waals surface area contributed by atoms with Crippen LogP contribution >= 0.6 is 0 Å². The molecule has 4 nitrogen and oxygen atoms in total. The second-order valence-corrected chi connectivity index (χ2v) is 7.15. The fourth-order valence-electron chi connectivity index (χ4n) is 3.65. The molecule has 0 amide bonds. The second-order valence-electron chi connectivity index (χ2n) is 7.15. The van der Waals surface area contributed by atoms with Crippen molar-refractivity contribution in [3.63, 3.8) is 0 Å². The summed E-state index contributed by atoms with van der Waals surface area (Å²) >= 11 is 0. The average molecular weight is 412 g/mol. The van der Waals surface area contributed by atoms with Gasteiger partial charge in [-0.2, -0.15) is 0 Å². The van der Waals surface area contributed by atoms with E-state index in [9.17, 15) is 18.0 Å². The molecule has 0 radical (unpaired) electrons.